The van der Waals surface area contributed by atoms with Crippen LogP contribution in [-0.4, -0.2) is 44.1 Å². The monoisotopic (exact) mass is 677 g/mol. The van der Waals surface area contributed by atoms with E-state index in [4.69, 9.17) is 21.1 Å². The van der Waals surface area contributed by atoms with Crippen molar-refractivity contribution in [1.29, 1.82) is 0 Å². The summed E-state index contributed by atoms with van der Waals surface area (Å²) in [5.74, 6) is -0.666. The number of ether oxygens (including phenoxy) is 2. The summed E-state index contributed by atoms with van der Waals surface area (Å²) in [5, 5.41) is 8.20. The van der Waals surface area contributed by atoms with E-state index in [9.17, 15) is 14.4 Å². The number of aryl methyl sites for hydroxylation is 1. The van der Waals surface area contributed by atoms with Gasteiger partial charge in [-0.3, -0.25) is 14.5 Å². The second-order valence-electron chi connectivity index (χ2n) is 14.2. The van der Waals surface area contributed by atoms with Gasteiger partial charge < -0.3 is 14.8 Å². The zero-order chi connectivity index (χ0) is 35.3. The number of benzene rings is 2. The predicted molar refractivity (Wildman–Crippen MR) is 184 cm³/mol. The van der Waals surface area contributed by atoms with E-state index in [0.717, 1.165) is 16.9 Å². The third-order valence-electron chi connectivity index (χ3n) is 8.21. The van der Waals surface area contributed by atoms with E-state index in [2.05, 4.69) is 22.3 Å². The van der Waals surface area contributed by atoms with Crippen molar-refractivity contribution >= 4 is 51.8 Å². The first-order valence-corrected chi connectivity index (χ1v) is 16.2. The van der Waals surface area contributed by atoms with Crippen LogP contribution in [0.3, 0.4) is 0 Å². The largest absolute Gasteiger partial charge is 0.443 e. The Labute approximate surface area is 284 Å². The molecule has 4 aromatic rings. The molecule has 48 heavy (non-hydrogen) atoms. The van der Waals surface area contributed by atoms with Gasteiger partial charge in [-0.05, 0) is 89.1 Å². The molecule has 2 aromatic carbocycles. The van der Waals surface area contributed by atoms with Crippen LogP contribution >= 0.6 is 11.6 Å². The lowest BCUT2D eigenvalue weighted by Crippen LogP contribution is -2.44. The van der Waals surface area contributed by atoms with E-state index < -0.39 is 29.2 Å². The second-order valence-corrected chi connectivity index (χ2v) is 14.6. The smallest absolute Gasteiger partial charge is 0.424 e. The summed E-state index contributed by atoms with van der Waals surface area (Å²) in [6.45, 7) is 13.8. The van der Waals surface area contributed by atoms with Crippen LogP contribution in [0.4, 0.5) is 25.4 Å². The molecular weight excluding hydrogens is 637 g/mol. The fraction of sp³-hybridized carbons (Fsp3) is 0.417. The van der Waals surface area contributed by atoms with Gasteiger partial charge in [-0.1, -0.05) is 31.0 Å². The molecule has 1 N–H and O–H groups in total. The van der Waals surface area contributed by atoms with Crippen molar-refractivity contribution in [1.82, 2.24) is 14.8 Å². The molecule has 1 aliphatic rings. The molecule has 2 heterocycles. The topological polar surface area (TPSA) is 116 Å². The van der Waals surface area contributed by atoms with Gasteiger partial charge in [0.15, 0.2) is 0 Å². The van der Waals surface area contributed by atoms with Gasteiger partial charge >= 0.3 is 12.2 Å². The number of hydrogen-bond acceptors (Lipinski definition) is 7. The molecule has 3 atom stereocenters. The maximum Gasteiger partial charge on any atom is 0.424 e. The molecule has 1 saturated carbocycles. The Bertz CT molecular complexity index is 1880. The standard InChI is InChI=1S/C36H41ClFN5O5/c1-10-23-28(21-15-40-42(9)18-21)29(23)32(44)41-22-11-12-24-20(13-22)14-25(31(38)30(24)37)26-16-39-17-27(19(26)2)43(33(45)47-35(3,4)5)34(46)48-36(6,7)8/h11-18,23,28-29H,10H2,1-9H3,(H,41,44)/t23?,28-,29-/m0/s1. The highest BCUT2D eigenvalue weighted by Crippen LogP contribution is 2.56. The van der Waals surface area contributed by atoms with Crippen molar-refractivity contribution in [2.45, 2.75) is 78.9 Å². The summed E-state index contributed by atoms with van der Waals surface area (Å²) < 4.78 is 28.8. The molecular formula is C36H41ClFN5O5. The number of pyridine rings is 1. The van der Waals surface area contributed by atoms with Crippen LogP contribution in [0.25, 0.3) is 21.9 Å². The third-order valence-corrected chi connectivity index (χ3v) is 8.58. The highest BCUT2D eigenvalue weighted by Gasteiger charge is 2.54. The van der Waals surface area contributed by atoms with Crippen LogP contribution in [0.2, 0.25) is 5.02 Å². The van der Waals surface area contributed by atoms with Crippen molar-refractivity contribution in [2.24, 2.45) is 18.9 Å². The normalized spacial score (nSPS) is 17.6. The number of carbonyl (C=O) groups is 3. The lowest BCUT2D eigenvalue weighted by Gasteiger charge is -2.29. The fourth-order valence-electron chi connectivity index (χ4n) is 6.04. The van der Waals surface area contributed by atoms with E-state index >= 15 is 4.39 Å². The Morgan fingerprint density at radius 3 is 2.21 bits per heavy atom. The average molecular weight is 678 g/mol. The van der Waals surface area contributed by atoms with Gasteiger partial charge in [-0.25, -0.2) is 14.0 Å². The number of hydrogen-bond donors (Lipinski definition) is 1. The predicted octanol–water partition coefficient (Wildman–Crippen LogP) is 8.79. The maximum atomic E-state index is 16.0. The van der Waals surface area contributed by atoms with Crippen molar-refractivity contribution in [3.63, 3.8) is 0 Å². The minimum Gasteiger partial charge on any atom is -0.443 e. The molecule has 0 radical (unpaired) electrons. The van der Waals surface area contributed by atoms with Crippen molar-refractivity contribution in [2.75, 3.05) is 10.2 Å². The highest BCUT2D eigenvalue weighted by atomic mass is 35.5. The van der Waals surface area contributed by atoms with Crippen molar-refractivity contribution < 1.29 is 28.2 Å². The number of anilines is 2. The summed E-state index contributed by atoms with van der Waals surface area (Å²) in [4.78, 5) is 45.1. The van der Waals surface area contributed by atoms with Gasteiger partial charge in [-0.15, -0.1) is 0 Å². The van der Waals surface area contributed by atoms with Gasteiger partial charge in [0.05, 0.1) is 23.1 Å². The number of aromatic nitrogens is 3. The quantitative estimate of drug-likeness (QED) is 0.217. The lowest BCUT2D eigenvalue weighted by molar-refractivity contribution is -0.117. The first kappa shape index (κ1) is 34.8. The third kappa shape index (κ3) is 7.16. The van der Waals surface area contributed by atoms with Crippen LogP contribution < -0.4 is 10.2 Å². The molecule has 0 aliphatic heterocycles. The van der Waals surface area contributed by atoms with E-state index in [0.29, 0.717) is 27.6 Å². The first-order chi connectivity index (χ1) is 22.4. The summed E-state index contributed by atoms with van der Waals surface area (Å²) in [6.07, 6.45) is 5.43. The number of carbonyl (C=O) groups excluding carboxylic acids is 3. The first-order valence-electron chi connectivity index (χ1n) is 15.8. The number of halogens is 2. The summed E-state index contributed by atoms with van der Waals surface area (Å²) >= 11 is 6.58. The van der Waals surface area contributed by atoms with Gasteiger partial charge in [0, 0.05) is 53.5 Å². The molecule has 3 amide bonds. The fourth-order valence-corrected chi connectivity index (χ4v) is 6.31. The van der Waals surface area contributed by atoms with E-state index in [1.807, 2.05) is 13.2 Å². The molecule has 1 aliphatic carbocycles. The van der Waals surface area contributed by atoms with Gasteiger partial charge in [0.1, 0.15) is 17.0 Å². The number of nitrogens with zero attached hydrogens (tertiary/aromatic N) is 4. The summed E-state index contributed by atoms with van der Waals surface area (Å²) in [5.41, 5.74) is 0.558. The van der Waals surface area contributed by atoms with Gasteiger partial charge in [0.25, 0.3) is 0 Å². The van der Waals surface area contributed by atoms with Crippen LogP contribution in [0, 0.1) is 24.6 Å². The van der Waals surface area contributed by atoms with Crippen LogP contribution in [-0.2, 0) is 21.3 Å². The maximum absolute atomic E-state index is 16.0. The Morgan fingerprint density at radius 2 is 1.65 bits per heavy atom. The lowest BCUT2D eigenvalue weighted by atomic mass is 9.97. The van der Waals surface area contributed by atoms with Gasteiger partial charge in [-0.2, -0.15) is 10.00 Å². The Hall–Kier alpha value is -4.51. The SMILES string of the molecule is CCC1[C@H](C(=O)Nc2ccc3c(Cl)c(F)c(-c4cncc(N(C(=O)OC(C)(C)C)C(=O)OC(C)(C)C)c4C)cc3c2)[C@H]1c1cnn(C)c1. The number of rotatable bonds is 6. The summed E-state index contributed by atoms with van der Waals surface area (Å²) in [6, 6.07) is 6.71. The van der Waals surface area contributed by atoms with Crippen molar-refractivity contribution in [3.8, 4) is 11.1 Å². The molecule has 5 rings (SSSR count). The van der Waals surface area contributed by atoms with Crippen LogP contribution in [0.15, 0.2) is 49.1 Å². The Morgan fingerprint density at radius 1 is 1.00 bits per heavy atom. The minimum absolute atomic E-state index is 0.0608. The number of imide groups is 1. The minimum atomic E-state index is -0.969. The summed E-state index contributed by atoms with van der Waals surface area (Å²) in [7, 11) is 1.85. The zero-order valence-electron chi connectivity index (χ0n) is 28.6. The van der Waals surface area contributed by atoms with E-state index in [1.165, 1.54) is 12.4 Å². The molecule has 12 heteroatoms. The second kappa shape index (κ2) is 12.8. The zero-order valence-corrected chi connectivity index (χ0v) is 29.4. The van der Waals surface area contributed by atoms with Gasteiger partial charge in [0.2, 0.25) is 5.91 Å². The number of amides is 3. The molecule has 0 saturated heterocycles. The molecule has 0 bridgehead atoms. The molecule has 10 nitrogen and oxygen atoms in total. The highest BCUT2D eigenvalue weighted by molar-refractivity contribution is 6.36. The Balaban J connectivity index is 1.51. The molecule has 1 unspecified atom stereocenters. The van der Waals surface area contributed by atoms with Crippen LogP contribution in [0.5, 0.6) is 0 Å². The van der Waals surface area contributed by atoms with E-state index in [-0.39, 0.29) is 39.9 Å². The molecule has 0 spiro atoms. The number of fused-ring (bicyclic) bond motifs is 1. The molecule has 2 aromatic heterocycles. The number of nitrogens with one attached hydrogen (secondary N) is 1. The van der Waals surface area contributed by atoms with Crippen LogP contribution in [0.1, 0.15) is 71.9 Å². The molecule has 254 valence electrons. The van der Waals surface area contributed by atoms with E-state index in [1.54, 1.807) is 83.6 Å². The average Bonchev–Trinajstić information content (AvgIpc) is 3.56. The van der Waals surface area contributed by atoms with Crippen molar-refractivity contribution in [3.05, 3.63) is 71.0 Å². The Kier molecular flexibility index (Phi) is 9.31. The molecule has 1 fully saturated rings.